The minimum Gasteiger partial charge on any atom is -0.477 e. The number of hydrogen-bond donors (Lipinski definition) is 1. The standard InChI is InChI=1S/C14H15NO3/c1-7-5-6-8(2)12-10(7)11(9(3)16)13(14(17)18)15(12)4/h5-6H,1-4H3,(H,17,18). The summed E-state index contributed by atoms with van der Waals surface area (Å²) in [5.74, 6) is -1.29. The number of hydrogen-bond acceptors (Lipinski definition) is 2. The van der Waals surface area contributed by atoms with E-state index in [-0.39, 0.29) is 11.5 Å². The second-order valence-corrected chi connectivity index (χ2v) is 4.57. The minimum atomic E-state index is -1.07. The summed E-state index contributed by atoms with van der Waals surface area (Å²) >= 11 is 0. The molecule has 0 fully saturated rings. The number of ketones is 1. The number of carboxylic acid groups (broad SMARTS) is 1. The predicted octanol–water partition coefficient (Wildman–Crippen LogP) is 2.70. The van der Waals surface area contributed by atoms with Gasteiger partial charge in [-0.3, -0.25) is 4.79 Å². The number of aromatic nitrogens is 1. The molecule has 0 radical (unpaired) electrons. The van der Waals surface area contributed by atoms with Gasteiger partial charge in [-0.1, -0.05) is 12.1 Å². The van der Waals surface area contributed by atoms with Gasteiger partial charge in [0.2, 0.25) is 0 Å². The molecule has 0 spiro atoms. The average molecular weight is 245 g/mol. The average Bonchev–Trinajstić information content (AvgIpc) is 2.59. The molecular formula is C14H15NO3. The molecule has 1 heterocycles. The van der Waals surface area contributed by atoms with Crippen LogP contribution in [-0.2, 0) is 7.05 Å². The molecule has 0 aliphatic heterocycles. The topological polar surface area (TPSA) is 59.3 Å². The fourth-order valence-electron chi connectivity index (χ4n) is 2.54. The molecule has 94 valence electrons. The summed E-state index contributed by atoms with van der Waals surface area (Å²) in [4.78, 5) is 23.2. The smallest absolute Gasteiger partial charge is 0.353 e. The van der Waals surface area contributed by atoms with E-state index in [2.05, 4.69) is 0 Å². The number of carboxylic acids is 1. The summed E-state index contributed by atoms with van der Waals surface area (Å²) in [6, 6.07) is 3.85. The van der Waals surface area contributed by atoms with Crippen molar-refractivity contribution < 1.29 is 14.7 Å². The lowest BCUT2D eigenvalue weighted by molar-refractivity contribution is 0.0682. The first-order valence-electron chi connectivity index (χ1n) is 5.69. The van der Waals surface area contributed by atoms with Crippen molar-refractivity contribution in [2.75, 3.05) is 0 Å². The Morgan fingerprint density at radius 1 is 1.17 bits per heavy atom. The Morgan fingerprint density at radius 3 is 2.22 bits per heavy atom. The van der Waals surface area contributed by atoms with Crippen molar-refractivity contribution in [1.29, 1.82) is 0 Å². The monoisotopic (exact) mass is 245 g/mol. The fraction of sp³-hybridized carbons (Fsp3) is 0.286. The Hall–Kier alpha value is -2.10. The maximum absolute atomic E-state index is 11.8. The Morgan fingerprint density at radius 2 is 1.72 bits per heavy atom. The molecule has 1 aromatic carbocycles. The highest BCUT2D eigenvalue weighted by Crippen LogP contribution is 2.31. The number of aromatic carboxylic acids is 1. The van der Waals surface area contributed by atoms with Crippen LogP contribution in [-0.4, -0.2) is 21.4 Å². The van der Waals surface area contributed by atoms with Crippen molar-refractivity contribution in [3.8, 4) is 0 Å². The van der Waals surface area contributed by atoms with E-state index < -0.39 is 5.97 Å². The summed E-state index contributed by atoms with van der Waals surface area (Å²) in [7, 11) is 1.69. The van der Waals surface area contributed by atoms with Crippen LogP contribution in [0.1, 0.15) is 38.9 Å². The zero-order valence-corrected chi connectivity index (χ0v) is 10.9. The molecule has 0 aliphatic carbocycles. The Bertz CT molecular complexity index is 680. The van der Waals surface area contributed by atoms with E-state index in [1.165, 1.54) is 6.92 Å². The van der Waals surface area contributed by atoms with Gasteiger partial charge in [0.1, 0.15) is 5.69 Å². The van der Waals surface area contributed by atoms with Crippen LogP contribution in [0.5, 0.6) is 0 Å². The lowest BCUT2D eigenvalue weighted by Gasteiger charge is -2.03. The number of aryl methyl sites for hydroxylation is 3. The van der Waals surface area contributed by atoms with Gasteiger partial charge in [0, 0.05) is 12.4 Å². The van der Waals surface area contributed by atoms with E-state index in [1.54, 1.807) is 11.6 Å². The van der Waals surface area contributed by atoms with Crippen molar-refractivity contribution in [3.63, 3.8) is 0 Å². The van der Waals surface area contributed by atoms with Crippen LogP contribution in [0.2, 0.25) is 0 Å². The zero-order valence-electron chi connectivity index (χ0n) is 10.9. The van der Waals surface area contributed by atoms with Gasteiger partial charge in [-0.05, 0) is 31.9 Å². The number of nitrogens with zero attached hydrogens (tertiary/aromatic N) is 1. The lowest BCUT2D eigenvalue weighted by Crippen LogP contribution is -2.09. The molecule has 0 unspecified atom stereocenters. The Kier molecular flexibility index (Phi) is 2.73. The Labute approximate surface area is 105 Å². The van der Waals surface area contributed by atoms with E-state index in [1.807, 2.05) is 26.0 Å². The molecule has 0 saturated heterocycles. The highest BCUT2D eigenvalue weighted by atomic mass is 16.4. The van der Waals surface area contributed by atoms with Gasteiger partial charge in [0.05, 0.1) is 11.1 Å². The second kappa shape index (κ2) is 3.98. The molecule has 0 bridgehead atoms. The second-order valence-electron chi connectivity index (χ2n) is 4.57. The molecule has 0 atom stereocenters. The third kappa shape index (κ3) is 1.53. The number of carbonyl (C=O) groups excluding carboxylic acids is 1. The van der Waals surface area contributed by atoms with Crippen molar-refractivity contribution >= 4 is 22.7 Å². The number of benzene rings is 1. The summed E-state index contributed by atoms with van der Waals surface area (Å²) in [6.45, 7) is 5.21. The molecule has 1 aromatic heterocycles. The number of carbonyl (C=O) groups is 2. The largest absolute Gasteiger partial charge is 0.477 e. The first-order chi connectivity index (χ1) is 8.36. The highest BCUT2D eigenvalue weighted by molar-refractivity contribution is 6.15. The van der Waals surface area contributed by atoms with Gasteiger partial charge < -0.3 is 9.67 Å². The van der Waals surface area contributed by atoms with E-state index in [4.69, 9.17) is 0 Å². The van der Waals surface area contributed by atoms with Crippen LogP contribution in [0.25, 0.3) is 10.9 Å². The molecule has 0 aliphatic rings. The van der Waals surface area contributed by atoms with Gasteiger partial charge in [-0.2, -0.15) is 0 Å². The molecule has 1 N–H and O–H groups in total. The summed E-state index contributed by atoms with van der Waals surface area (Å²) in [5, 5.41) is 10.1. The van der Waals surface area contributed by atoms with Gasteiger partial charge in [0.15, 0.2) is 5.78 Å². The summed E-state index contributed by atoms with van der Waals surface area (Å²) in [5.41, 5.74) is 3.07. The van der Waals surface area contributed by atoms with Crippen molar-refractivity contribution in [3.05, 3.63) is 34.5 Å². The molecule has 2 rings (SSSR count). The highest BCUT2D eigenvalue weighted by Gasteiger charge is 2.25. The van der Waals surface area contributed by atoms with Gasteiger partial charge in [-0.15, -0.1) is 0 Å². The normalized spacial score (nSPS) is 10.9. The minimum absolute atomic E-state index is 0.0647. The van der Waals surface area contributed by atoms with Gasteiger partial charge in [-0.25, -0.2) is 4.79 Å². The van der Waals surface area contributed by atoms with Crippen LogP contribution >= 0.6 is 0 Å². The summed E-state index contributed by atoms with van der Waals surface area (Å²) < 4.78 is 1.59. The van der Waals surface area contributed by atoms with E-state index in [0.717, 1.165) is 22.0 Å². The first-order valence-corrected chi connectivity index (χ1v) is 5.69. The molecule has 0 amide bonds. The van der Waals surface area contributed by atoms with Crippen LogP contribution in [0, 0.1) is 13.8 Å². The molecule has 4 nitrogen and oxygen atoms in total. The van der Waals surface area contributed by atoms with Crippen molar-refractivity contribution in [2.24, 2.45) is 7.05 Å². The molecule has 2 aromatic rings. The molecule has 18 heavy (non-hydrogen) atoms. The van der Waals surface area contributed by atoms with Gasteiger partial charge >= 0.3 is 5.97 Å². The van der Waals surface area contributed by atoms with E-state index in [0.29, 0.717) is 5.56 Å². The maximum atomic E-state index is 11.8. The predicted molar refractivity (Wildman–Crippen MR) is 69.4 cm³/mol. The van der Waals surface area contributed by atoms with Crippen molar-refractivity contribution in [2.45, 2.75) is 20.8 Å². The van der Waals surface area contributed by atoms with Crippen LogP contribution in [0.4, 0.5) is 0 Å². The lowest BCUT2D eigenvalue weighted by atomic mass is 10.0. The van der Waals surface area contributed by atoms with E-state index in [9.17, 15) is 14.7 Å². The van der Waals surface area contributed by atoms with Crippen molar-refractivity contribution in [1.82, 2.24) is 4.57 Å². The zero-order chi connectivity index (χ0) is 13.6. The van der Waals surface area contributed by atoms with Crippen LogP contribution in [0.3, 0.4) is 0 Å². The third-order valence-corrected chi connectivity index (χ3v) is 3.30. The first kappa shape index (κ1) is 12.4. The molecule has 4 heteroatoms. The number of Topliss-reactive ketones (excluding diaryl/α,β-unsaturated/α-hetero) is 1. The van der Waals surface area contributed by atoms with Crippen LogP contribution in [0.15, 0.2) is 12.1 Å². The Balaban J connectivity index is 3.11. The summed E-state index contributed by atoms with van der Waals surface area (Å²) in [6.07, 6.45) is 0. The quantitative estimate of drug-likeness (QED) is 0.827. The van der Waals surface area contributed by atoms with E-state index >= 15 is 0 Å². The SMILES string of the molecule is CC(=O)c1c(C(=O)O)n(C)c2c(C)ccc(C)c12. The van der Waals surface area contributed by atoms with Crippen LogP contribution < -0.4 is 0 Å². The molecular weight excluding hydrogens is 230 g/mol. The number of rotatable bonds is 2. The molecule has 0 saturated carbocycles. The fourth-order valence-corrected chi connectivity index (χ4v) is 2.54. The maximum Gasteiger partial charge on any atom is 0.353 e. The third-order valence-electron chi connectivity index (χ3n) is 3.30. The number of fused-ring (bicyclic) bond motifs is 1. The van der Waals surface area contributed by atoms with Gasteiger partial charge in [0.25, 0.3) is 0 Å².